The molecule has 0 aliphatic rings. The molecule has 0 spiro atoms. The number of pyridine rings is 1. The highest BCUT2D eigenvalue weighted by atomic mass is 35.5. The predicted octanol–water partition coefficient (Wildman–Crippen LogP) is 5.48. The van der Waals surface area contributed by atoms with Gasteiger partial charge in [-0.2, -0.15) is 0 Å². The normalized spacial score (nSPS) is 10.1. The number of nitrogens with zero attached hydrogens (tertiary/aromatic N) is 1. The maximum Gasteiger partial charge on any atom is 0.323 e. The smallest absolute Gasteiger partial charge is 0.308 e. The zero-order valence-electron chi connectivity index (χ0n) is 15.7. The van der Waals surface area contributed by atoms with E-state index in [9.17, 15) is 9.59 Å². The van der Waals surface area contributed by atoms with E-state index < -0.39 is 0 Å². The van der Waals surface area contributed by atoms with Gasteiger partial charge in [-0.15, -0.1) is 0 Å². The number of nitrogens with one attached hydrogen (secondary N) is 3. The first-order chi connectivity index (χ1) is 13.9. The van der Waals surface area contributed by atoms with Crippen molar-refractivity contribution in [2.45, 2.75) is 6.92 Å². The Bertz CT molecular complexity index is 1050. The van der Waals surface area contributed by atoms with E-state index in [-0.39, 0.29) is 11.9 Å². The molecule has 0 fully saturated rings. The molecule has 3 aromatic rings. The molecule has 0 aliphatic heterocycles. The Hall–Kier alpha value is -3.64. The van der Waals surface area contributed by atoms with Crippen LogP contribution < -0.4 is 16.0 Å². The summed E-state index contributed by atoms with van der Waals surface area (Å²) in [7, 11) is 0. The minimum absolute atomic E-state index is 0.313. The Balaban J connectivity index is 1.62. The van der Waals surface area contributed by atoms with Crippen molar-refractivity contribution in [3.63, 3.8) is 0 Å². The second-order valence-electron chi connectivity index (χ2n) is 6.25. The van der Waals surface area contributed by atoms with Crippen molar-refractivity contribution in [3.05, 3.63) is 84.0 Å². The Morgan fingerprint density at radius 3 is 2.21 bits per heavy atom. The van der Waals surface area contributed by atoms with Crippen LogP contribution in [0.25, 0.3) is 11.1 Å². The quantitative estimate of drug-likeness (QED) is 0.490. The third-order valence-electron chi connectivity index (χ3n) is 4.11. The summed E-state index contributed by atoms with van der Waals surface area (Å²) in [6, 6.07) is 15.9. The molecule has 3 amide bonds. The maximum atomic E-state index is 12.2. The lowest BCUT2D eigenvalue weighted by Gasteiger charge is -2.10. The molecule has 29 heavy (non-hydrogen) atoms. The molecule has 3 N–H and O–H groups in total. The first-order valence-electron chi connectivity index (χ1n) is 8.78. The van der Waals surface area contributed by atoms with E-state index in [0.29, 0.717) is 22.2 Å². The van der Waals surface area contributed by atoms with Crippen molar-refractivity contribution in [3.8, 4) is 11.1 Å². The standard InChI is InChI=1S/C22H19ClN4O2/c1-3-21(28)27-20-11-7-16(13-24-20)15-5-9-17(10-6-15)25-22(29)26-18-8-4-14(2)19(23)12-18/h3-13H,1H2,2H3,(H,24,27,28)(H2,25,26,29). The molecular weight excluding hydrogens is 388 g/mol. The van der Waals surface area contributed by atoms with Crippen LogP contribution in [0, 0.1) is 6.92 Å². The Labute approximate surface area is 173 Å². The van der Waals surface area contributed by atoms with Crippen LogP contribution in [-0.4, -0.2) is 16.9 Å². The molecule has 2 aromatic carbocycles. The average Bonchev–Trinajstić information content (AvgIpc) is 2.72. The van der Waals surface area contributed by atoms with Gasteiger partial charge in [-0.05, 0) is 60.5 Å². The Kier molecular flexibility index (Phi) is 6.26. The summed E-state index contributed by atoms with van der Waals surface area (Å²) in [6.07, 6.45) is 2.85. The highest BCUT2D eigenvalue weighted by molar-refractivity contribution is 6.31. The molecule has 3 rings (SSSR count). The minimum atomic E-state index is -0.360. The first kappa shape index (κ1) is 20.1. The van der Waals surface area contributed by atoms with Gasteiger partial charge in [0.15, 0.2) is 0 Å². The number of halogens is 1. The summed E-state index contributed by atoms with van der Waals surface area (Å²) in [5.41, 5.74) is 4.01. The molecule has 0 unspecified atom stereocenters. The number of benzene rings is 2. The van der Waals surface area contributed by atoms with Gasteiger partial charge in [0.25, 0.3) is 0 Å². The highest BCUT2D eigenvalue weighted by Gasteiger charge is 2.06. The number of amides is 3. The van der Waals surface area contributed by atoms with Gasteiger partial charge in [-0.1, -0.05) is 36.4 Å². The second kappa shape index (κ2) is 9.03. The summed E-state index contributed by atoms with van der Waals surface area (Å²) in [5, 5.41) is 8.71. The molecule has 0 atom stereocenters. The number of rotatable bonds is 5. The lowest BCUT2D eigenvalue weighted by atomic mass is 10.1. The van der Waals surface area contributed by atoms with Crippen LogP contribution in [0.5, 0.6) is 0 Å². The van der Waals surface area contributed by atoms with Crippen LogP contribution in [0.4, 0.5) is 22.0 Å². The topological polar surface area (TPSA) is 83.1 Å². The van der Waals surface area contributed by atoms with Crippen LogP contribution in [0.2, 0.25) is 5.02 Å². The molecule has 1 aromatic heterocycles. The van der Waals surface area contributed by atoms with Gasteiger partial charge in [0.1, 0.15) is 5.82 Å². The lowest BCUT2D eigenvalue weighted by Crippen LogP contribution is -2.19. The fourth-order valence-electron chi connectivity index (χ4n) is 2.53. The van der Waals surface area contributed by atoms with Crippen molar-refractivity contribution in [1.29, 1.82) is 0 Å². The monoisotopic (exact) mass is 406 g/mol. The van der Waals surface area contributed by atoms with Crippen molar-refractivity contribution < 1.29 is 9.59 Å². The van der Waals surface area contributed by atoms with Gasteiger partial charge in [0.05, 0.1) is 0 Å². The molecule has 0 bridgehead atoms. The molecule has 6 nitrogen and oxygen atoms in total. The van der Waals surface area contributed by atoms with Crippen molar-refractivity contribution in [2.24, 2.45) is 0 Å². The molecule has 7 heteroatoms. The molecule has 0 saturated heterocycles. The Morgan fingerprint density at radius 2 is 1.59 bits per heavy atom. The van der Waals surface area contributed by atoms with Gasteiger partial charge in [0, 0.05) is 28.2 Å². The van der Waals surface area contributed by atoms with E-state index in [0.717, 1.165) is 16.7 Å². The second-order valence-corrected chi connectivity index (χ2v) is 6.65. The van der Waals surface area contributed by atoms with E-state index in [2.05, 4.69) is 27.5 Å². The van der Waals surface area contributed by atoms with Crippen molar-refractivity contribution in [1.82, 2.24) is 4.98 Å². The number of urea groups is 1. The van der Waals surface area contributed by atoms with Gasteiger partial charge in [0.2, 0.25) is 5.91 Å². The van der Waals surface area contributed by atoms with Gasteiger partial charge >= 0.3 is 6.03 Å². The lowest BCUT2D eigenvalue weighted by molar-refractivity contribution is -0.111. The molecule has 0 radical (unpaired) electrons. The number of carbonyl (C=O) groups excluding carboxylic acids is 2. The molecular formula is C22H19ClN4O2. The molecule has 0 saturated carbocycles. The number of anilines is 3. The van der Waals surface area contributed by atoms with Crippen molar-refractivity contribution in [2.75, 3.05) is 16.0 Å². The van der Waals surface area contributed by atoms with Crippen molar-refractivity contribution >= 4 is 40.7 Å². The first-order valence-corrected chi connectivity index (χ1v) is 9.16. The number of aryl methyl sites for hydroxylation is 1. The number of carbonyl (C=O) groups is 2. The van der Waals surface area contributed by atoms with Crippen LogP contribution in [0.3, 0.4) is 0 Å². The predicted molar refractivity (Wildman–Crippen MR) is 117 cm³/mol. The largest absolute Gasteiger partial charge is 0.323 e. The fraction of sp³-hybridized carbons (Fsp3) is 0.0455. The van der Waals surface area contributed by atoms with Gasteiger partial charge < -0.3 is 16.0 Å². The van der Waals surface area contributed by atoms with E-state index in [1.165, 1.54) is 6.08 Å². The molecule has 146 valence electrons. The Morgan fingerprint density at radius 1 is 0.931 bits per heavy atom. The average molecular weight is 407 g/mol. The minimum Gasteiger partial charge on any atom is -0.308 e. The number of hydrogen-bond acceptors (Lipinski definition) is 3. The van der Waals surface area contributed by atoms with E-state index in [1.54, 1.807) is 36.5 Å². The highest BCUT2D eigenvalue weighted by Crippen LogP contribution is 2.23. The maximum absolute atomic E-state index is 12.2. The van der Waals surface area contributed by atoms with Gasteiger partial charge in [-0.3, -0.25) is 4.79 Å². The van der Waals surface area contributed by atoms with Crippen LogP contribution in [-0.2, 0) is 4.79 Å². The summed E-state index contributed by atoms with van der Waals surface area (Å²) < 4.78 is 0. The summed E-state index contributed by atoms with van der Waals surface area (Å²) >= 11 is 6.07. The zero-order chi connectivity index (χ0) is 20.8. The van der Waals surface area contributed by atoms with Crippen LogP contribution in [0.1, 0.15) is 5.56 Å². The van der Waals surface area contributed by atoms with Crippen LogP contribution >= 0.6 is 11.6 Å². The van der Waals surface area contributed by atoms with Crippen LogP contribution in [0.15, 0.2) is 73.4 Å². The number of aromatic nitrogens is 1. The van der Waals surface area contributed by atoms with E-state index >= 15 is 0 Å². The fourth-order valence-corrected chi connectivity index (χ4v) is 2.71. The zero-order valence-corrected chi connectivity index (χ0v) is 16.5. The number of hydrogen-bond donors (Lipinski definition) is 3. The van der Waals surface area contributed by atoms with E-state index in [4.69, 9.17) is 11.6 Å². The third kappa shape index (κ3) is 5.43. The third-order valence-corrected chi connectivity index (χ3v) is 4.51. The SMILES string of the molecule is C=CC(=O)Nc1ccc(-c2ccc(NC(=O)Nc3ccc(C)c(Cl)c3)cc2)cn1. The van der Waals surface area contributed by atoms with Gasteiger partial charge in [-0.25, -0.2) is 9.78 Å². The van der Waals surface area contributed by atoms with E-state index in [1.807, 2.05) is 31.2 Å². The molecule has 1 heterocycles. The molecule has 0 aliphatic carbocycles. The summed E-state index contributed by atoms with van der Waals surface area (Å²) in [5.74, 6) is 0.136. The summed E-state index contributed by atoms with van der Waals surface area (Å²) in [4.78, 5) is 27.7. The summed E-state index contributed by atoms with van der Waals surface area (Å²) in [6.45, 7) is 5.30.